The highest BCUT2D eigenvalue weighted by atomic mass is 32.1. The number of hydrogen-bond acceptors (Lipinski definition) is 6. The molecular formula is C23H32N6OS+2. The molecule has 0 aromatic carbocycles. The standard InChI is InChI=1S/C23H30N6OS/c1-23(2)12-15-16(13-30-23)20(28-6-4-5-7-28)26-22-17(15)18-19(31-22)21(25-14-24-18)29-10-8-27(3)9-11-29/h14H,4-13H2,1-3H3/p+2. The van der Waals surface area contributed by atoms with Gasteiger partial charge in [0, 0.05) is 25.1 Å². The van der Waals surface area contributed by atoms with E-state index in [-0.39, 0.29) is 5.60 Å². The number of quaternary nitrogens is 1. The molecule has 31 heavy (non-hydrogen) atoms. The number of likely N-dealkylation sites (N-methyl/N-ethyl adjacent to an activating group) is 1. The maximum atomic E-state index is 6.26. The van der Waals surface area contributed by atoms with Crippen molar-refractivity contribution in [1.82, 2.24) is 9.97 Å². The van der Waals surface area contributed by atoms with Gasteiger partial charge in [0.1, 0.15) is 41.5 Å². The maximum absolute atomic E-state index is 6.26. The highest BCUT2D eigenvalue weighted by Gasteiger charge is 2.35. The van der Waals surface area contributed by atoms with Gasteiger partial charge in [0.05, 0.1) is 24.6 Å². The van der Waals surface area contributed by atoms with E-state index in [2.05, 4.69) is 35.7 Å². The van der Waals surface area contributed by atoms with E-state index in [9.17, 15) is 0 Å². The van der Waals surface area contributed by atoms with E-state index in [0.29, 0.717) is 6.61 Å². The van der Waals surface area contributed by atoms with Crippen molar-refractivity contribution in [3.8, 4) is 0 Å². The highest BCUT2D eigenvalue weighted by Crippen LogP contribution is 2.44. The molecule has 0 amide bonds. The predicted octanol–water partition coefficient (Wildman–Crippen LogP) is 1.44. The summed E-state index contributed by atoms with van der Waals surface area (Å²) in [5, 5.41) is 1.25. The van der Waals surface area contributed by atoms with E-state index in [0.717, 1.165) is 48.8 Å². The fourth-order valence-electron chi connectivity index (χ4n) is 5.35. The zero-order chi connectivity index (χ0) is 21.2. The van der Waals surface area contributed by atoms with Crippen molar-refractivity contribution in [2.75, 3.05) is 56.1 Å². The van der Waals surface area contributed by atoms with Crippen LogP contribution in [0, 0.1) is 0 Å². The lowest BCUT2D eigenvalue weighted by Crippen LogP contribution is -3.12. The van der Waals surface area contributed by atoms with E-state index < -0.39 is 0 Å². The molecule has 3 aliphatic rings. The van der Waals surface area contributed by atoms with Crippen molar-refractivity contribution >= 4 is 43.4 Å². The van der Waals surface area contributed by atoms with Gasteiger partial charge in [0.2, 0.25) is 12.1 Å². The molecule has 6 heterocycles. The largest absolute Gasteiger partial charge is 0.370 e. The number of thiophene rings is 1. The summed E-state index contributed by atoms with van der Waals surface area (Å²) in [5.74, 6) is 2.36. The smallest absolute Gasteiger partial charge is 0.243 e. The second-order valence-corrected chi connectivity index (χ2v) is 11.0. The average molecular weight is 441 g/mol. The fourth-order valence-corrected chi connectivity index (χ4v) is 6.53. The maximum Gasteiger partial charge on any atom is 0.243 e. The molecule has 2 N–H and O–H groups in total. The predicted molar refractivity (Wildman–Crippen MR) is 124 cm³/mol. The van der Waals surface area contributed by atoms with Crippen LogP contribution in [0.4, 0.5) is 11.6 Å². The molecule has 6 rings (SSSR count). The normalized spacial score (nSPS) is 21.9. The van der Waals surface area contributed by atoms with Crippen LogP contribution in [0.2, 0.25) is 0 Å². The molecule has 0 unspecified atom stereocenters. The van der Waals surface area contributed by atoms with Crippen molar-refractivity contribution in [3.63, 3.8) is 0 Å². The molecular weight excluding hydrogens is 408 g/mol. The van der Waals surface area contributed by atoms with Gasteiger partial charge in [0.15, 0.2) is 5.52 Å². The minimum atomic E-state index is -0.165. The van der Waals surface area contributed by atoms with Crippen LogP contribution in [0.1, 0.15) is 37.8 Å². The highest BCUT2D eigenvalue weighted by molar-refractivity contribution is 7.26. The minimum Gasteiger partial charge on any atom is -0.370 e. The molecule has 2 fully saturated rings. The number of H-pyrrole nitrogens is 1. The van der Waals surface area contributed by atoms with Crippen molar-refractivity contribution in [2.24, 2.45) is 0 Å². The molecule has 0 atom stereocenters. The van der Waals surface area contributed by atoms with Crippen LogP contribution < -0.4 is 19.7 Å². The second kappa shape index (κ2) is 7.25. The van der Waals surface area contributed by atoms with Crippen LogP contribution in [0.3, 0.4) is 0 Å². The van der Waals surface area contributed by atoms with Gasteiger partial charge < -0.3 is 14.5 Å². The summed E-state index contributed by atoms with van der Waals surface area (Å²) in [6, 6.07) is 0. The SMILES string of the molecule is C[NH+]1CCN(c2[nH+]cnc3c2sc2nc(N4CCCC4)c4c(c23)CC(C)(C)OC4)CC1. The second-order valence-electron chi connectivity index (χ2n) is 9.97. The Hall–Kier alpha value is -2.03. The van der Waals surface area contributed by atoms with Crippen LogP contribution >= 0.6 is 11.3 Å². The molecule has 8 heteroatoms. The molecule has 7 nitrogen and oxygen atoms in total. The summed E-state index contributed by atoms with van der Waals surface area (Å²) >= 11 is 1.81. The third-order valence-corrected chi connectivity index (χ3v) is 8.25. The van der Waals surface area contributed by atoms with Crippen LogP contribution in [-0.4, -0.2) is 61.9 Å². The number of anilines is 2. The van der Waals surface area contributed by atoms with Crippen LogP contribution in [0.25, 0.3) is 20.4 Å². The fraction of sp³-hybridized carbons (Fsp3) is 0.609. The average Bonchev–Trinajstić information content (AvgIpc) is 3.41. The van der Waals surface area contributed by atoms with E-state index in [1.165, 1.54) is 53.0 Å². The Morgan fingerprint density at radius 1 is 1.10 bits per heavy atom. The number of nitrogens with one attached hydrogen (secondary N) is 2. The van der Waals surface area contributed by atoms with Gasteiger partial charge in [-0.1, -0.05) is 0 Å². The lowest BCUT2D eigenvalue weighted by atomic mass is 9.90. The number of piperazine rings is 1. The van der Waals surface area contributed by atoms with Crippen LogP contribution in [-0.2, 0) is 17.8 Å². The van der Waals surface area contributed by atoms with Crippen molar-refractivity contribution in [1.29, 1.82) is 0 Å². The first kappa shape index (κ1) is 19.6. The van der Waals surface area contributed by atoms with Gasteiger partial charge in [-0.3, -0.25) is 4.90 Å². The molecule has 0 bridgehead atoms. The van der Waals surface area contributed by atoms with Gasteiger partial charge in [0.25, 0.3) is 0 Å². The van der Waals surface area contributed by atoms with Gasteiger partial charge >= 0.3 is 0 Å². The first-order valence-corrected chi connectivity index (χ1v) is 12.4. The van der Waals surface area contributed by atoms with Gasteiger partial charge in [-0.05, 0) is 32.3 Å². The Morgan fingerprint density at radius 3 is 2.65 bits per heavy atom. The molecule has 0 spiro atoms. The number of hydrogen-bond donors (Lipinski definition) is 1. The topological polar surface area (TPSA) is 60.1 Å². The number of rotatable bonds is 2. The third-order valence-electron chi connectivity index (χ3n) is 7.17. The monoisotopic (exact) mass is 440 g/mol. The number of ether oxygens (including phenoxy) is 1. The molecule has 0 saturated carbocycles. The molecule has 2 saturated heterocycles. The number of aromatic nitrogens is 3. The summed E-state index contributed by atoms with van der Waals surface area (Å²) in [6.07, 6.45) is 5.28. The van der Waals surface area contributed by atoms with Gasteiger partial charge in [-0.2, -0.15) is 0 Å². The van der Waals surface area contributed by atoms with Gasteiger partial charge in [-0.25, -0.2) is 9.97 Å². The summed E-state index contributed by atoms with van der Waals surface area (Å²) in [4.78, 5) is 21.3. The summed E-state index contributed by atoms with van der Waals surface area (Å²) in [6.45, 7) is 11.7. The molecule has 3 aromatic rings. The van der Waals surface area contributed by atoms with E-state index in [4.69, 9.17) is 14.7 Å². The number of fused-ring (bicyclic) bond motifs is 5. The number of pyridine rings is 1. The Morgan fingerprint density at radius 2 is 1.87 bits per heavy atom. The zero-order valence-corrected chi connectivity index (χ0v) is 19.6. The molecule has 164 valence electrons. The van der Waals surface area contributed by atoms with Crippen molar-refractivity contribution in [2.45, 2.75) is 45.3 Å². The summed E-state index contributed by atoms with van der Waals surface area (Å²) in [5.41, 5.74) is 3.63. The van der Waals surface area contributed by atoms with E-state index >= 15 is 0 Å². The van der Waals surface area contributed by atoms with E-state index in [1.807, 2.05) is 17.7 Å². The Balaban J connectivity index is 1.57. The summed E-state index contributed by atoms with van der Waals surface area (Å²) < 4.78 is 7.50. The third kappa shape index (κ3) is 3.27. The van der Waals surface area contributed by atoms with Crippen LogP contribution in [0.5, 0.6) is 0 Å². The molecule has 0 radical (unpaired) electrons. The summed E-state index contributed by atoms with van der Waals surface area (Å²) in [7, 11) is 2.28. The lowest BCUT2D eigenvalue weighted by Gasteiger charge is -2.34. The molecule has 3 aromatic heterocycles. The van der Waals surface area contributed by atoms with Crippen LogP contribution in [0.15, 0.2) is 6.33 Å². The Bertz CT molecular complexity index is 1140. The zero-order valence-electron chi connectivity index (χ0n) is 18.8. The number of nitrogens with zero attached hydrogens (tertiary/aromatic N) is 4. The first-order chi connectivity index (χ1) is 15.0. The van der Waals surface area contributed by atoms with Crippen molar-refractivity contribution < 1.29 is 14.6 Å². The molecule has 0 aliphatic carbocycles. The Labute approximate surface area is 187 Å². The molecule has 3 aliphatic heterocycles. The van der Waals surface area contributed by atoms with E-state index in [1.54, 1.807) is 4.90 Å². The first-order valence-electron chi connectivity index (χ1n) is 11.6. The minimum absolute atomic E-state index is 0.165. The quantitative estimate of drug-likeness (QED) is 0.654. The number of aromatic amines is 1. The lowest BCUT2D eigenvalue weighted by molar-refractivity contribution is -0.880. The Kier molecular flexibility index (Phi) is 4.59. The van der Waals surface area contributed by atoms with Gasteiger partial charge in [-0.15, -0.1) is 16.3 Å². The van der Waals surface area contributed by atoms with Crippen molar-refractivity contribution in [3.05, 3.63) is 17.5 Å².